The van der Waals surface area contributed by atoms with Gasteiger partial charge in [0.15, 0.2) is 6.29 Å². The van der Waals surface area contributed by atoms with Crippen LogP contribution < -0.4 is 4.74 Å². The molecule has 29 heavy (non-hydrogen) atoms. The molecule has 1 atom stereocenters. The summed E-state index contributed by atoms with van der Waals surface area (Å²) in [6, 6.07) is 14.3. The number of amides is 2. The van der Waals surface area contributed by atoms with Gasteiger partial charge in [-0.1, -0.05) is 36.4 Å². The zero-order valence-corrected chi connectivity index (χ0v) is 15.9. The third kappa shape index (κ3) is 4.01. The van der Waals surface area contributed by atoms with Crippen LogP contribution in [0.15, 0.2) is 54.6 Å². The normalized spacial score (nSPS) is 19.7. The third-order valence-electron chi connectivity index (χ3n) is 4.87. The number of rotatable bonds is 5. The van der Waals surface area contributed by atoms with E-state index in [1.165, 1.54) is 6.08 Å². The number of carbonyl (C=O) groups is 2. The summed E-state index contributed by atoms with van der Waals surface area (Å²) in [5.41, 5.74) is 2.35. The maximum atomic E-state index is 12.8. The quantitative estimate of drug-likeness (QED) is 0.722. The number of carbonyl (C=O) groups excluding carboxylic acids is 2. The highest BCUT2D eigenvalue weighted by atomic mass is 16.7. The van der Waals surface area contributed by atoms with Crippen LogP contribution >= 0.6 is 0 Å². The molecule has 0 aliphatic carbocycles. The Kier molecular flexibility index (Phi) is 5.59. The van der Waals surface area contributed by atoms with E-state index in [9.17, 15) is 9.59 Å². The molecule has 2 heterocycles. The predicted molar refractivity (Wildman–Crippen MR) is 104 cm³/mol. The molecule has 2 aromatic rings. The molecule has 2 saturated heterocycles. The van der Waals surface area contributed by atoms with Gasteiger partial charge in [-0.2, -0.15) is 0 Å². The first-order valence-electron chi connectivity index (χ1n) is 9.31. The first-order chi connectivity index (χ1) is 14.2. The molecule has 0 spiro atoms. The number of nitrogens with zero attached hydrogens (tertiary/aromatic N) is 1. The first-order valence-corrected chi connectivity index (χ1v) is 9.31. The maximum Gasteiger partial charge on any atom is 0.417 e. The number of imide groups is 1. The van der Waals surface area contributed by atoms with Gasteiger partial charge in [-0.05, 0) is 29.3 Å². The lowest BCUT2D eigenvalue weighted by molar-refractivity contribution is -0.124. The van der Waals surface area contributed by atoms with Crippen molar-refractivity contribution in [2.75, 3.05) is 26.9 Å². The van der Waals surface area contributed by atoms with E-state index in [4.69, 9.17) is 18.9 Å². The fraction of sp³-hybridized carbons (Fsp3) is 0.273. The maximum absolute atomic E-state index is 12.8. The number of cyclic esters (lactones) is 1. The van der Waals surface area contributed by atoms with Gasteiger partial charge < -0.3 is 18.9 Å². The second-order valence-electron chi connectivity index (χ2n) is 6.61. The second kappa shape index (κ2) is 8.46. The summed E-state index contributed by atoms with van der Waals surface area (Å²) < 4.78 is 21.6. The summed E-state index contributed by atoms with van der Waals surface area (Å²) in [7, 11) is 1.58. The topological polar surface area (TPSA) is 74.3 Å². The highest BCUT2D eigenvalue weighted by molar-refractivity contribution is 6.02. The van der Waals surface area contributed by atoms with E-state index < -0.39 is 24.3 Å². The molecule has 2 aliphatic rings. The molecule has 0 unspecified atom stereocenters. The van der Waals surface area contributed by atoms with Crippen LogP contribution in [0.25, 0.3) is 6.08 Å². The van der Waals surface area contributed by atoms with E-state index >= 15 is 0 Å². The van der Waals surface area contributed by atoms with Crippen molar-refractivity contribution in [3.05, 3.63) is 71.3 Å². The van der Waals surface area contributed by atoms with Gasteiger partial charge in [-0.3, -0.25) is 4.79 Å². The lowest BCUT2D eigenvalue weighted by Gasteiger charge is -2.18. The minimum atomic E-state index is -0.647. The van der Waals surface area contributed by atoms with Crippen LogP contribution in [0.3, 0.4) is 0 Å². The van der Waals surface area contributed by atoms with Crippen LogP contribution in [0.5, 0.6) is 5.75 Å². The second-order valence-corrected chi connectivity index (χ2v) is 6.61. The molecule has 150 valence electrons. The van der Waals surface area contributed by atoms with Crippen molar-refractivity contribution in [2.24, 2.45) is 0 Å². The molecule has 0 radical (unpaired) electrons. The largest absolute Gasteiger partial charge is 0.497 e. The van der Waals surface area contributed by atoms with E-state index in [-0.39, 0.29) is 6.61 Å². The Hall–Kier alpha value is -3.16. The summed E-state index contributed by atoms with van der Waals surface area (Å²) in [6.45, 7) is 1.14. The van der Waals surface area contributed by atoms with Crippen molar-refractivity contribution in [1.82, 2.24) is 4.90 Å². The van der Waals surface area contributed by atoms with Crippen molar-refractivity contribution >= 4 is 18.1 Å². The SMILES string of the molecule is COc1ccc(C=CC(=O)N2C(=O)OC[C@H]2c2ccccc2)c(C2OCCO2)c1. The van der Waals surface area contributed by atoms with Crippen LogP contribution in [0.1, 0.15) is 29.0 Å². The minimum absolute atomic E-state index is 0.139. The number of benzene rings is 2. The number of methoxy groups -OCH3 is 1. The lowest BCUT2D eigenvalue weighted by Crippen LogP contribution is -2.32. The average molecular weight is 395 g/mol. The Morgan fingerprint density at radius 1 is 1.14 bits per heavy atom. The summed E-state index contributed by atoms with van der Waals surface area (Å²) >= 11 is 0. The van der Waals surface area contributed by atoms with Crippen molar-refractivity contribution in [2.45, 2.75) is 12.3 Å². The molecule has 0 saturated carbocycles. The first kappa shape index (κ1) is 19.2. The monoisotopic (exact) mass is 395 g/mol. The van der Waals surface area contributed by atoms with Gasteiger partial charge in [0.1, 0.15) is 18.4 Å². The van der Waals surface area contributed by atoms with Crippen molar-refractivity contribution in [1.29, 1.82) is 0 Å². The fourth-order valence-corrected chi connectivity index (χ4v) is 3.40. The molecule has 4 rings (SSSR count). The molecule has 2 aromatic carbocycles. The molecule has 7 nitrogen and oxygen atoms in total. The van der Waals surface area contributed by atoms with Crippen LogP contribution in [-0.4, -0.2) is 43.8 Å². The third-order valence-corrected chi connectivity index (χ3v) is 4.87. The summed E-state index contributed by atoms with van der Waals surface area (Å²) in [4.78, 5) is 26.1. The van der Waals surface area contributed by atoms with Crippen LogP contribution in [-0.2, 0) is 19.0 Å². The molecule has 7 heteroatoms. The van der Waals surface area contributed by atoms with Gasteiger partial charge in [0.25, 0.3) is 5.91 Å². The van der Waals surface area contributed by atoms with Gasteiger partial charge in [-0.25, -0.2) is 9.69 Å². The molecule has 0 bridgehead atoms. The minimum Gasteiger partial charge on any atom is -0.497 e. The Labute approximate surface area is 168 Å². The van der Waals surface area contributed by atoms with E-state index in [2.05, 4.69) is 0 Å². The number of hydrogen-bond acceptors (Lipinski definition) is 6. The molecule has 2 amide bonds. The van der Waals surface area contributed by atoms with Gasteiger partial charge in [0, 0.05) is 11.6 Å². The highest BCUT2D eigenvalue weighted by Gasteiger charge is 2.37. The summed E-state index contributed by atoms with van der Waals surface area (Å²) in [5.74, 6) is 0.214. The van der Waals surface area contributed by atoms with Gasteiger partial charge in [0.2, 0.25) is 0 Å². The van der Waals surface area contributed by atoms with Crippen molar-refractivity contribution in [3.8, 4) is 5.75 Å². The van der Waals surface area contributed by atoms with E-state index in [0.717, 1.165) is 21.6 Å². The molecule has 2 fully saturated rings. The van der Waals surface area contributed by atoms with Gasteiger partial charge in [0.05, 0.1) is 20.3 Å². The summed E-state index contributed by atoms with van der Waals surface area (Å²) in [5, 5.41) is 0. The van der Waals surface area contributed by atoms with Crippen molar-refractivity contribution < 1.29 is 28.5 Å². The Bertz CT molecular complexity index is 920. The predicted octanol–water partition coefficient (Wildman–Crippen LogP) is 3.47. The fourth-order valence-electron chi connectivity index (χ4n) is 3.40. The van der Waals surface area contributed by atoms with E-state index in [0.29, 0.717) is 19.0 Å². The standard InChI is InChI=1S/C22H21NO6/c1-26-17-9-7-15(18(13-17)21-27-11-12-28-21)8-10-20(24)23-19(14-29-22(23)25)16-5-3-2-4-6-16/h2-10,13,19,21H,11-12,14H2,1H3/t19-/m0/s1. The van der Waals surface area contributed by atoms with Crippen LogP contribution in [0, 0.1) is 0 Å². The molecule has 0 N–H and O–H groups in total. The Morgan fingerprint density at radius 3 is 2.62 bits per heavy atom. The zero-order valence-electron chi connectivity index (χ0n) is 15.9. The van der Waals surface area contributed by atoms with Crippen molar-refractivity contribution in [3.63, 3.8) is 0 Å². The van der Waals surface area contributed by atoms with Crippen LogP contribution in [0.4, 0.5) is 4.79 Å². The summed E-state index contributed by atoms with van der Waals surface area (Å²) in [6.07, 6.45) is 1.85. The number of ether oxygens (including phenoxy) is 4. The van der Waals surface area contributed by atoms with Gasteiger partial charge >= 0.3 is 6.09 Å². The molecule has 0 aromatic heterocycles. The number of hydrogen-bond donors (Lipinski definition) is 0. The van der Waals surface area contributed by atoms with Crippen LogP contribution in [0.2, 0.25) is 0 Å². The zero-order chi connectivity index (χ0) is 20.2. The average Bonchev–Trinajstić information content (AvgIpc) is 3.42. The lowest BCUT2D eigenvalue weighted by atomic mass is 10.0. The van der Waals surface area contributed by atoms with Gasteiger partial charge in [-0.15, -0.1) is 0 Å². The smallest absolute Gasteiger partial charge is 0.417 e. The van der Waals surface area contributed by atoms with E-state index in [1.54, 1.807) is 19.3 Å². The Balaban J connectivity index is 1.58. The Morgan fingerprint density at radius 2 is 1.90 bits per heavy atom. The molecule has 2 aliphatic heterocycles. The highest BCUT2D eigenvalue weighted by Crippen LogP contribution is 2.31. The van der Waals surface area contributed by atoms with E-state index in [1.807, 2.05) is 42.5 Å². The molecular weight excluding hydrogens is 374 g/mol. The molecular formula is C22H21NO6.